The molecule has 0 spiro atoms. The van der Waals surface area contributed by atoms with Gasteiger partial charge >= 0.3 is 39.5 Å². The van der Waals surface area contributed by atoms with Gasteiger partial charge in [0.05, 0.1) is 26.4 Å². The monoisotopic (exact) mass is 1410 g/mol. The molecule has 0 aromatic heterocycles. The molecule has 0 bridgehead atoms. The van der Waals surface area contributed by atoms with Crippen molar-refractivity contribution >= 4 is 39.5 Å². The van der Waals surface area contributed by atoms with Crippen molar-refractivity contribution in [2.24, 2.45) is 23.7 Å². The lowest BCUT2D eigenvalue weighted by atomic mass is 9.99. The molecule has 0 aliphatic rings. The lowest BCUT2D eigenvalue weighted by molar-refractivity contribution is -0.161. The Kier molecular flexibility index (Phi) is 65.0. The highest BCUT2D eigenvalue weighted by Gasteiger charge is 2.30. The number of ether oxygens (including phenoxy) is 4. The number of phosphoric ester groups is 2. The number of phosphoric acid groups is 2. The number of rotatable bonds is 74. The van der Waals surface area contributed by atoms with Crippen molar-refractivity contribution in [3.8, 4) is 0 Å². The van der Waals surface area contributed by atoms with Gasteiger partial charge in [0.1, 0.15) is 19.3 Å². The van der Waals surface area contributed by atoms with Crippen LogP contribution in [0.25, 0.3) is 0 Å². The summed E-state index contributed by atoms with van der Waals surface area (Å²) >= 11 is 0. The molecular formula is C77H150O17P2. The summed E-state index contributed by atoms with van der Waals surface area (Å²) < 4.78 is 68.5. The molecule has 0 aliphatic heterocycles. The second kappa shape index (κ2) is 66.3. The molecule has 570 valence electrons. The Bertz CT molecular complexity index is 1890. The van der Waals surface area contributed by atoms with Crippen molar-refractivity contribution in [1.29, 1.82) is 0 Å². The summed E-state index contributed by atoms with van der Waals surface area (Å²) in [5, 5.41) is 10.6. The van der Waals surface area contributed by atoms with Gasteiger partial charge in [0, 0.05) is 25.7 Å². The minimum atomic E-state index is -4.96. The van der Waals surface area contributed by atoms with Crippen LogP contribution in [0.1, 0.15) is 389 Å². The molecule has 0 saturated heterocycles. The predicted octanol–water partition coefficient (Wildman–Crippen LogP) is 22.4. The van der Waals surface area contributed by atoms with Gasteiger partial charge in [0.15, 0.2) is 12.2 Å². The van der Waals surface area contributed by atoms with Crippen LogP contribution in [-0.4, -0.2) is 96.7 Å². The zero-order valence-corrected chi connectivity index (χ0v) is 64.8. The molecule has 0 radical (unpaired) electrons. The summed E-state index contributed by atoms with van der Waals surface area (Å²) in [6, 6.07) is 0. The van der Waals surface area contributed by atoms with Crippen molar-refractivity contribution < 1.29 is 80.2 Å². The van der Waals surface area contributed by atoms with E-state index in [1.54, 1.807) is 0 Å². The lowest BCUT2D eigenvalue weighted by Gasteiger charge is -2.21. The Balaban J connectivity index is 5.19. The van der Waals surface area contributed by atoms with Crippen LogP contribution in [-0.2, 0) is 65.4 Å². The molecule has 19 heteroatoms. The van der Waals surface area contributed by atoms with E-state index < -0.39 is 97.5 Å². The number of aliphatic hydroxyl groups is 1. The van der Waals surface area contributed by atoms with Crippen LogP contribution in [0.4, 0.5) is 0 Å². The first-order valence-electron chi connectivity index (χ1n) is 39.8. The summed E-state index contributed by atoms with van der Waals surface area (Å²) in [7, 11) is -9.91. The van der Waals surface area contributed by atoms with Crippen LogP contribution >= 0.6 is 15.6 Å². The molecule has 0 aliphatic carbocycles. The predicted molar refractivity (Wildman–Crippen MR) is 391 cm³/mol. The van der Waals surface area contributed by atoms with Crippen LogP contribution in [0.3, 0.4) is 0 Å². The van der Waals surface area contributed by atoms with Crippen molar-refractivity contribution in [2.45, 2.75) is 408 Å². The minimum absolute atomic E-state index is 0.102. The first kappa shape index (κ1) is 94.1. The van der Waals surface area contributed by atoms with Crippen LogP contribution in [0.15, 0.2) is 0 Å². The normalized spacial score (nSPS) is 14.7. The number of hydrogen-bond acceptors (Lipinski definition) is 15. The number of unbranched alkanes of at least 4 members (excludes halogenated alkanes) is 38. The van der Waals surface area contributed by atoms with Crippen LogP contribution in [0.5, 0.6) is 0 Å². The molecule has 4 unspecified atom stereocenters. The third kappa shape index (κ3) is 67.9. The van der Waals surface area contributed by atoms with Gasteiger partial charge in [-0.1, -0.05) is 338 Å². The first-order valence-corrected chi connectivity index (χ1v) is 42.8. The Hall–Kier alpha value is -1.94. The molecule has 0 saturated carbocycles. The van der Waals surface area contributed by atoms with Crippen LogP contribution < -0.4 is 0 Å². The number of esters is 4. The zero-order chi connectivity index (χ0) is 71.0. The Morgan fingerprint density at radius 2 is 0.500 bits per heavy atom. The molecule has 0 rings (SSSR count). The third-order valence-electron chi connectivity index (χ3n) is 18.5. The summed E-state index contributed by atoms with van der Waals surface area (Å²) in [6.07, 6.45) is 51.6. The molecule has 0 heterocycles. The smallest absolute Gasteiger partial charge is 0.462 e. The van der Waals surface area contributed by atoms with Gasteiger partial charge in [-0.05, 0) is 49.4 Å². The number of aliphatic hydroxyl groups excluding tert-OH is 1. The SMILES string of the molecule is CCC(C)CCCCCCCCCCCCCCCCCCCCC(=O)O[C@H](COC(=O)CCCCCCCCCCCCCC(C)C)COP(=O)(O)OC[C@@H](O)COP(=O)(O)OC[C@@H](COC(=O)CCCCCCCCC(C)CC)OC(=O)CCCCCCCCCC(C)C. The molecule has 7 atom stereocenters. The Labute approximate surface area is 588 Å². The molecule has 96 heavy (non-hydrogen) atoms. The summed E-state index contributed by atoms with van der Waals surface area (Å²) in [6.45, 7) is 14.2. The van der Waals surface area contributed by atoms with Crippen LogP contribution in [0, 0.1) is 23.7 Å². The molecule has 3 N–H and O–H groups in total. The maximum atomic E-state index is 13.1. The quantitative estimate of drug-likeness (QED) is 0.0222. The van der Waals surface area contributed by atoms with E-state index >= 15 is 0 Å². The maximum Gasteiger partial charge on any atom is 0.472 e. The van der Waals surface area contributed by atoms with E-state index in [-0.39, 0.29) is 25.7 Å². The number of carbonyl (C=O) groups excluding carboxylic acids is 4. The highest BCUT2D eigenvalue weighted by Crippen LogP contribution is 2.45. The second-order valence-electron chi connectivity index (χ2n) is 29.2. The molecule has 0 fully saturated rings. The van der Waals surface area contributed by atoms with Gasteiger partial charge in [0.25, 0.3) is 0 Å². The van der Waals surface area contributed by atoms with Crippen molar-refractivity contribution in [2.75, 3.05) is 39.6 Å². The fraction of sp³-hybridized carbons (Fsp3) is 0.948. The van der Waals surface area contributed by atoms with E-state index in [4.69, 9.17) is 37.0 Å². The Morgan fingerprint density at radius 1 is 0.292 bits per heavy atom. The van der Waals surface area contributed by atoms with Crippen LogP contribution in [0.2, 0.25) is 0 Å². The fourth-order valence-corrected chi connectivity index (χ4v) is 13.2. The molecule has 0 aromatic carbocycles. The molecular weight excluding hydrogens is 1260 g/mol. The average Bonchev–Trinajstić information content (AvgIpc) is 2.85. The van der Waals surface area contributed by atoms with E-state index in [9.17, 15) is 43.2 Å². The van der Waals surface area contributed by atoms with Gasteiger partial charge in [0.2, 0.25) is 0 Å². The van der Waals surface area contributed by atoms with Gasteiger partial charge in [-0.3, -0.25) is 37.3 Å². The standard InChI is InChI=1S/C77H150O17P2/c1-9-69(7)55-47-39-31-25-21-17-15-13-11-12-14-16-18-22-27-33-43-51-59-76(81)93-72(63-87-74(79)57-49-41-32-26-23-19-20-24-29-37-45-53-67(3)4)65-91-95(83,84)89-61-71(78)62-90-96(85,86)92-66-73(94-77(82)60-52-44-34-28-30-38-46-54-68(5)6)64-88-75(80)58-50-42-36-35-40-48-56-70(8)10-2/h67-73,78H,9-66H2,1-8H3,(H,83,84)(H,85,86)/t69?,70?,71-,72-,73-/m1/s1. The number of hydrogen-bond donors (Lipinski definition) is 3. The van der Waals surface area contributed by atoms with Gasteiger partial charge in [-0.25, -0.2) is 9.13 Å². The van der Waals surface area contributed by atoms with E-state index in [0.29, 0.717) is 31.6 Å². The third-order valence-corrected chi connectivity index (χ3v) is 20.4. The fourth-order valence-electron chi connectivity index (χ4n) is 11.7. The van der Waals surface area contributed by atoms with Crippen molar-refractivity contribution in [3.63, 3.8) is 0 Å². The second-order valence-corrected chi connectivity index (χ2v) is 32.1. The molecule has 0 aromatic rings. The largest absolute Gasteiger partial charge is 0.472 e. The Morgan fingerprint density at radius 3 is 0.740 bits per heavy atom. The first-order chi connectivity index (χ1) is 46.2. The highest BCUT2D eigenvalue weighted by molar-refractivity contribution is 7.47. The van der Waals surface area contributed by atoms with E-state index in [0.717, 1.165) is 114 Å². The summed E-state index contributed by atoms with van der Waals surface area (Å²) in [4.78, 5) is 72.8. The van der Waals surface area contributed by atoms with E-state index in [2.05, 4.69) is 55.4 Å². The number of carbonyl (C=O) groups is 4. The van der Waals surface area contributed by atoms with Crippen molar-refractivity contribution in [3.05, 3.63) is 0 Å². The van der Waals surface area contributed by atoms with Gasteiger partial charge in [-0.15, -0.1) is 0 Å². The average molecular weight is 1410 g/mol. The topological polar surface area (TPSA) is 237 Å². The molecule has 0 amide bonds. The zero-order valence-electron chi connectivity index (χ0n) is 63.0. The molecule has 17 nitrogen and oxygen atoms in total. The summed E-state index contributed by atoms with van der Waals surface area (Å²) in [5.74, 6) is 0.945. The van der Waals surface area contributed by atoms with Gasteiger partial charge < -0.3 is 33.8 Å². The highest BCUT2D eigenvalue weighted by atomic mass is 31.2. The maximum absolute atomic E-state index is 13.1. The minimum Gasteiger partial charge on any atom is -0.462 e. The van der Waals surface area contributed by atoms with E-state index in [1.165, 1.54) is 186 Å². The van der Waals surface area contributed by atoms with Crippen molar-refractivity contribution in [1.82, 2.24) is 0 Å². The van der Waals surface area contributed by atoms with Gasteiger partial charge in [-0.2, -0.15) is 0 Å². The van der Waals surface area contributed by atoms with E-state index in [1.807, 2.05) is 0 Å². The summed E-state index contributed by atoms with van der Waals surface area (Å²) in [5.41, 5.74) is 0. The lowest BCUT2D eigenvalue weighted by Crippen LogP contribution is -2.30.